The molecule has 0 saturated carbocycles. The number of hydrogen-bond acceptors (Lipinski definition) is 20. The molecule has 4 atom stereocenters. The summed E-state index contributed by atoms with van der Waals surface area (Å²) in [7, 11) is 8.71. The summed E-state index contributed by atoms with van der Waals surface area (Å²) in [5.74, 6) is 4.50. The molecule has 12 aromatic rings. The molecule has 5 aromatic carbocycles. The van der Waals surface area contributed by atoms with E-state index in [0.29, 0.717) is 62.4 Å². The highest BCUT2D eigenvalue weighted by atomic mass is 16.5. The summed E-state index contributed by atoms with van der Waals surface area (Å²) in [5.41, 5.74) is 30.5. The lowest BCUT2D eigenvalue weighted by atomic mass is 9.91. The van der Waals surface area contributed by atoms with E-state index in [4.69, 9.17) is 40.6 Å². The molecule has 12 rings (SSSR count). The summed E-state index contributed by atoms with van der Waals surface area (Å²) < 4.78 is 16.6. The van der Waals surface area contributed by atoms with Crippen LogP contribution in [0.3, 0.4) is 0 Å². The third-order valence-corrected chi connectivity index (χ3v) is 19.8. The van der Waals surface area contributed by atoms with Gasteiger partial charge in [-0.2, -0.15) is 0 Å². The number of ketones is 2. The highest BCUT2D eigenvalue weighted by Gasteiger charge is 2.21. The number of rotatable bonds is 37. The van der Waals surface area contributed by atoms with Gasteiger partial charge in [0.2, 0.25) is 0 Å². The van der Waals surface area contributed by atoms with E-state index in [9.17, 15) is 9.59 Å². The van der Waals surface area contributed by atoms with Gasteiger partial charge >= 0.3 is 0 Å². The maximum absolute atomic E-state index is 12.2. The van der Waals surface area contributed by atoms with Crippen LogP contribution < -0.4 is 31.0 Å². The average Bonchev–Trinajstić information content (AvgIpc) is 0.870. The van der Waals surface area contributed by atoms with Crippen molar-refractivity contribution in [3.8, 4) is 62.3 Å². The molecule has 20 heteroatoms. The van der Waals surface area contributed by atoms with Gasteiger partial charge in [-0.15, -0.1) is 0 Å². The second-order valence-electron chi connectivity index (χ2n) is 28.9. The highest BCUT2D eigenvalue weighted by molar-refractivity contribution is 5.84. The number of carbonyl (C=O) groups excluding carboxylic acids is 2. The Kier molecular flexibility index (Phi) is 35.7. The minimum atomic E-state index is 0.153. The average molecular weight is 1550 g/mol. The van der Waals surface area contributed by atoms with E-state index in [-0.39, 0.29) is 17.6 Å². The molecule has 0 saturated heterocycles. The number of nitrogens with zero attached hydrogens (tertiary/aromatic N) is 12. The molecule has 0 amide bonds. The van der Waals surface area contributed by atoms with Crippen LogP contribution >= 0.6 is 0 Å². The first-order valence-corrected chi connectivity index (χ1v) is 40.1. The van der Waals surface area contributed by atoms with Crippen LogP contribution in [0, 0.1) is 0 Å². The second kappa shape index (κ2) is 47.1. The molecular weight excluding hydrogens is 1430 g/mol. The SMILES string of the molecule is CCCC(=O)Cc1ccc(-c2cc(C[C@@H](CCC)c3cccnc3)ncn2)cc1OC.CCCC(Cc1cncc(-c2ccc(CN)c(OC)c2)n1)c1cccnc1.CCCC(Nc1cncc(-c2ccc(CN)cc2)n1)c1ccccc1.CCC[C@H](Cc1cncc(-c2ccc(CC(=O)CN(C)C)c(OC)c2)n1)c1cccnc1. The zero-order valence-electron chi connectivity index (χ0n) is 68.5. The number of Topliss-reactive ketones (excluding diaryl/α,β-unsaturated/α-hetero) is 2. The maximum atomic E-state index is 12.2. The fourth-order valence-corrected chi connectivity index (χ4v) is 14.0. The lowest BCUT2D eigenvalue weighted by Gasteiger charge is -2.19. The molecule has 0 bridgehead atoms. The van der Waals surface area contributed by atoms with Crippen LogP contribution in [0.1, 0.15) is 184 Å². The number of benzene rings is 5. The van der Waals surface area contributed by atoms with E-state index in [0.717, 1.165) is 179 Å². The van der Waals surface area contributed by atoms with Gasteiger partial charge in [-0.3, -0.25) is 39.5 Å². The van der Waals surface area contributed by atoms with Crippen LogP contribution in [0.15, 0.2) is 232 Å². The van der Waals surface area contributed by atoms with Crippen molar-refractivity contribution in [2.24, 2.45) is 11.5 Å². The summed E-state index contributed by atoms with van der Waals surface area (Å²) in [6, 6.07) is 51.1. The molecule has 0 spiro atoms. The van der Waals surface area contributed by atoms with Gasteiger partial charge in [0.05, 0.1) is 92.9 Å². The number of nitrogens with two attached hydrogens (primary N) is 2. The molecular formula is C95H113N15O5. The third-order valence-electron chi connectivity index (χ3n) is 19.8. The van der Waals surface area contributed by atoms with E-state index in [1.165, 1.54) is 22.3 Å². The predicted octanol–water partition coefficient (Wildman–Crippen LogP) is 18.6. The van der Waals surface area contributed by atoms with Crippen molar-refractivity contribution in [3.63, 3.8) is 0 Å². The molecule has 20 nitrogen and oxygen atoms in total. The molecule has 598 valence electrons. The van der Waals surface area contributed by atoms with Gasteiger partial charge in [-0.1, -0.05) is 169 Å². The molecule has 5 N–H and O–H groups in total. The minimum Gasteiger partial charge on any atom is -0.496 e. The minimum absolute atomic E-state index is 0.153. The molecule has 0 radical (unpaired) electrons. The van der Waals surface area contributed by atoms with Gasteiger partial charge < -0.3 is 35.9 Å². The van der Waals surface area contributed by atoms with Crippen LogP contribution in [0.2, 0.25) is 0 Å². The zero-order chi connectivity index (χ0) is 81.5. The topological polar surface area (TPSA) is 271 Å². The van der Waals surface area contributed by atoms with Crippen molar-refractivity contribution in [2.75, 3.05) is 47.3 Å². The van der Waals surface area contributed by atoms with Gasteiger partial charge in [0.1, 0.15) is 35.2 Å². The smallest absolute Gasteiger partial charge is 0.151 e. The van der Waals surface area contributed by atoms with Crippen LogP contribution in [0.25, 0.3) is 45.0 Å². The highest BCUT2D eigenvalue weighted by Crippen LogP contribution is 2.34. The van der Waals surface area contributed by atoms with Crippen LogP contribution in [0.4, 0.5) is 5.82 Å². The van der Waals surface area contributed by atoms with Gasteiger partial charge in [0.15, 0.2) is 5.78 Å². The number of methoxy groups -OCH3 is 3. The number of carbonyl (C=O) groups is 2. The van der Waals surface area contributed by atoms with Gasteiger partial charge in [0.25, 0.3) is 0 Å². The van der Waals surface area contributed by atoms with E-state index in [2.05, 4.69) is 121 Å². The molecule has 7 heterocycles. The van der Waals surface area contributed by atoms with Gasteiger partial charge in [-0.25, -0.2) is 24.9 Å². The third kappa shape index (κ3) is 27.3. The first kappa shape index (κ1) is 87.3. The Bertz CT molecular complexity index is 4890. The van der Waals surface area contributed by atoms with Gasteiger partial charge in [-0.05, 0) is 153 Å². The van der Waals surface area contributed by atoms with Crippen molar-refractivity contribution in [1.29, 1.82) is 0 Å². The van der Waals surface area contributed by atoms with E-state index < -0.39 is 0 Å². The van der Waals surface area contributed by atoms with E-state index in [1.807, 2.05) is 172 Å². The van der Waals surface area contributed by atoms with Crippen LogP contribution in [0.5, 0.6) is 17.2 Å². The summed E-state index contributed by atoms with van der Waals surface area (Å²) in [6.07, 6.45) is 37.1. The van der Waals surface area contributed by atoms with E-state index >= 15 is 0 Å². The largest absolute Gasteiger partial charge is 0.496 e. The molecule has 2 unspecified atom stereocenters. The zero-order valence-corrected chi connectivity index (χ0v) is 68.5. The van der Waals surface area contributed by atoms with Crippen molar-refractivity contribution < 1.29 is 23.8 Å². The van der Waals surface area contributed by atoms with Crippen LogP contribution in [-0.2, 0) is 54.8 Å². The first-order chi connectivity index (χ1) is 56.2. The summed E-state index contributed by atoms with van der Waals surface area (Å²) in [6.45, 7) is 12.2. The fourth-order valence-electron chi connectivity index (χ4n) is 14.0. The summed E-state index contributed by atoms with van der Waals surface area (Å²) in [5, 5.41) is 3.54. The Labute approximate surface area is 680 Å². The predicted molar refractivity (Wildman–Crippen MR) is 461 cm³/mol. The van der Waals surface area contributed by atoms with Gasteiger partial charge in [0, 0.05) is 127 Å². The normalized spacial score (nSPS) is 11.9. The number of ether oxygens (including phenoxy) is 3. The lowest BCUT2D eigenvalue weighted by molar-refractivity contribution is -0.119. The molecule has 0 aliphatic carbocycles. The van der Waals surface area contributed by atoms with E-state index in [1.54, 1.807) is 58.6 Å². The monoisotopic (exact) mass is 1540 g/mol. The second-order valence-corrected chi connectivity index (χ2v) is 28.9. The number of nitrogens with one attached hydrogen (secondary N) is 1. The molecule has 0 fully saturated rings. The van der Waals surface area contributed by atoms with Crippen molar-refractivity contribution in [1.82, 2.24) is 59.7 Å². The summed E-state index contributed by atoms with van der Waals surface area (Å²) >= 11 is 0. The van der Waals surface area contributed by atoms with Crippen molar-refractivity contribution in [3.05, 3.63) is 294 Å². The molecule has 0 aliphatic heterocycles. The molecule has 0 aliphatic rings. The number of hydrogen-bond donors (Lipinski definition) is 3. The van der Waals surface area contributed by atoms with Crippen molar-refractivity contribution in [2.45, 2.75) is 168 Å². The number of aromatic nitrogens is 11. The Balaban J connectivity index is 0.000000176. The number of anilines is 1. The van der Waals surface area contributed by atoms with Crippen LogP contribution in [-0.4, -0.2) is 113 Å². The Morgan fingerprint density at radius 2 is 0.852 bits per heavy atom. The number of likely N-dealkylation sites (N-methyl/N-ethyl adjacent to an activating group) is 1. The van der Waals surface area contributed by atoms with Crippen molar-refractivity contribution >= 4 is 17.4 Å². The quantitative estimate of drug-likeness (QED) is 0.0326. The maximum Gasteiger partial charge on any atom is 0.151 e. The Morgan fingerprint density at radius 1 is 0.409 bits per heavy atom. The first-order valence-electron chi connectivity index (χ1n) is 40.1. The fraction of sp³-hybridized carbons (Fsp3) is 0.337. The Morgan fingerprint density at radius 3 is 1.30 bits per heavy atom. The molecule has 7 aromatic heterocycles. The summed E-state index contributed by atoms with van der Waals surface area (Å²) in [4.78, 5) is 75.7. The Hall–Kier alpha value is -11.7. The molecule has 115 heavy (non-hydrogen) atoms. The lowest BCUT2D eigenvalue weighted by Crippen LogP contribution is -2.23. The standard InChI is InChI=1S/C26H32N4O2.C26H31N3O2.C22H26N4O.C21H24N4/c1-5-7-19(22-8-6-11-27-15-22)12-23-16-28-17-25(29-23)20-9-10-21(26(14-20)32-4)13-24(31)18-30(2)3;1-4-7-19(22-9-6-12-27-17-22)13-23-16-25(29-18-28-23)20-10-11-21(26(15-20)31-3)14-24(30)8-5-2;1-3-5-16(19-6-4-9-24-13-19)10-20-14-25-15-21(26-20)17-7-8-18(12-23)22(11-17)27-2;1-2-6-19(17-7-4-3-5-8-17)24-21-15-23-14-20(25-21)18-11-9-16(13-22)10-12-18/h6,8-11,14-17,19H,5,7,12-13,18H2,1-4H3;6,9-12,15-19H,4-5,7-8,13-14H2,1-3H3;4,6-9,11,13-16H,3,5,10,12,23H2,1-2H3;3-5,7-12,14-15,19H,2,6,13,22H2,1H3,(H,24,25)/t2*19-;;/m11../s1. The number of pyridine rings is 3.